The summed E-state index contributed by atoms with van der Waals surface area (Å²) < 4.78 is 5.17. The van der Waals surface area contributed by atoms with Crippen molar-refractivity contribution in [2.45, 2.75) is 19.8 Å². The van der Waals surface area contributed by atoms with Crippen LogP contribution < -0.4 is 15.4 Å². The Balaban J connectivity index is 1.62. The lowest BCUT2D eigenvalue weighted by atomic mass is 10.0. The van der Waals surface area contributed by atoms with E-state index >= 15 is 0 Å². The van der Waals surface area contributed by atoms with Gasteiger partial charge in [0.15, 0.2) is 5.78 Å². The van der Waals surface area contributed by atoms with Crippen LogP contribution in [0, 0.1) is 6.92 Å². The second-order valence-corrected chi connectivity index (χ2v) is 7.07. The summed E-state index contributed by atoms with van der Waals surface area (Å²) in [4.78, 5) is 37.4. The fraction of sp³-hybridized carbons (Fsp3) is 0.160. The Morgan fingerprint density at radius 3 is 2.32 bits per heavy atom. The van der Waals surface area contributed by atoms with Gasteiger partial charge in [0.25, 0.3) is 5.91 Å². The minimum absolute atomic E-state index is 0.0263. The number of para-hydroxylation sites is 1. The molecule has 0 aromatic heterocycles. The number of nitrogens with one attached hydrogen (secondary N) is 2. The van der Waals surface area contributed by atoms with Gasteiger partial charge < -0.3 is 15.4 Å². The van der Waals surface area contributed by atoms with Gasteiger partial charge in [-0.05, 0) is 31.2 Å². The summed E-state index contributed by atoms with van der Waals surface area (Å²) in [6, 6.07) is 21.0. The monoisotopic (exact) mass is 416 g/mol. The molecule has 0 heterocycles. The summed E-state index contributed by atoms with van der Waals surface area (Å²) in [7, 11) is 1.55. The second kappa shape index (κ2) is 10.2. The molecule has 0 unspecified atom stereocenters. The zero-order valence-corrected chi connectivity index (χ0v) is 17.5. The van der Waals surface area contributed by atoms with Crippen LogP contribution in [-0.4, -0.2) is 24.7 Å². The van der Waals surface area contributed by atoms with Crippen LogP contribution in [0.25, 0.3) is 0 Å². The minimum atomic E-state index is -0.361. The van der Waals surface area contributed by atoms with E-state index < -0.39 is 0 Å². The van der Waals surface area contributed by atoms with Crippen LogP contribution in [0.4, 0.5) is 11.4 Å². The quantitative estimate of drug-likeness (QED) is 0.514. The molecule has 3 rings (SSSR count). The van der Waals surface area contributed by atoms with Gasteiger partial charge >= 0.3 is 0 Å². The van der Waals surface area contributed by atoms with Gasteiger partial charge in [0.05, 0.1) is 18.4 Å². The maximum absolute atomic E-state index is 12.7. The van der Waals surface area contributed by atoms with Gasteiger partial charge in [-0.25, -0.2) is 0 Å². The zero-order valence-electron chi connectivity index (χ0n) is 17.5. The van der Waals surface area contributed by atoms with Crippen molar-refractivity contribution in [3.8, 4) is 5.75 Å². The Morgan fingerprint density at radius 1 is 0.839 bits per heavy atom. The van der Waals surface area contributed by atoms with Crippen LogP contribution in [0.15, 0.2) is 72.8 Å². The Kier molecular flexibility index (Phi) is 7.17. The number of ether oxygens (including phenoxy) is 1. The van der Waals surface area contributed by atoms with Crippen LogP contribution in [0.1, 0.15) is 39.1 Å². The molecular weight excluding hydrogens is 392 g/mol. The lowest BCUT2D eigenvalue weighted by Crippen LogP contribution is -2.18. The molecule has 31 heavy (non-hydrogen) atoms. The van der Waals surface area contributed by atoms with Crippen molar-refractivity contribution in [2.75, 3.05) is 17.7 Å². The third-order valence-corrected chi connectivity index (χ3v) is 4.73. The van der Waals surface area contributed by atoms with Crippen molar-refractivity contribution in [3.63, 3.8) is 0 Å². The molecule has 6 heteroatoms. The van der Waals surface area contributed by atoms with Gasteiger partial charge in [-0.3, -0.25) is 14.4 Å². The lowest BCUT2D eigenvalue weighted by Gasteiger charge is -2.12. The molecule has 3 aromatic rings. The first-order valence-electron chi connectivity index (χ1n) is 9.90. The van der Waals surface area contributed by atoms with Crippen LogP contribution in [-0.2, 0) is 4.79 Å². The third kappa shape index (κ3) is 6.02. The number of Topliss-reactive ketones (excluding diaryl/α,β-unsaturated/α-hetero) is 1. The van der Waals surface area contributed by atoms with E-state index in [9.17, 15) is 14.4 Å². The van der Waals surface area contributed by atoms with E-state index in [0.29, 0.717) is 28.3 Å². The normalized spacial score (nSPS) is 10.3. The van der Waals surface area contributed by atoms with Crippen molar-refractivity contribution in [1.29, 1.82) is 0 Å². The standard InChI is InChI=1S/C25H24N2O4/c1-17-10-12-18(13-11-17)23(28)14-15-24(29)27-22-9-4-3-8-21(22)25(30)26-19-6-5-7-20(16-19)31-2/h3-13,16H,14-15H2,1-2H3,(H,26,30)(H,27,29). The molecule has 0 radical (unpaired) electrons. The molecule has 2 amide bonds. The van der Waals surface area contributed by atoms with E-state index in [4.69, 9.17) is 4.74 Å². The first kappa shape index (κ1) is 21.8. The van der Waals surface area contributed by atoms with Crippen LogP contribution in [0.5, 0.6) is 5.75 Å². The number of hydrogen-bond acceptors (Lipinski definition) is 4. The third-order valence-electron chi connectivity index (χ3n) is 4.73. The van der Waals surface area contributed by atoms with Gasteiger partial charge in [-0.15, -0.1) is 0 Å². The molecule has 0 aliphatic heterocycles. The highest BCUT2D eigenvalue weighted by atomic mass is 16.5. The van der Waals surface area contributed by atoms with E-state index in [0.717, 1.165) is 5.56 Å². The number of aryl methyl sites for hydroxylation is 1. The van der Waals surface area contributed by atoms with E-state index in [1.54, 1.807) is 67.8 Å². The van der Waals surface area contributed by atoms with Gasteiger partial charge in [0.2, 0.25) is 5.91 Å². The van der Waals surface area contributed by atoms with Crippen LogP contribution in [0.3, 0.4) is 0 Å². The molecule has 0 fully saturated rings. The fourth-order valence-electron chi connectivity index (χ4n) is 3.01. The lowest BCUT2D eigenvalue weighted by molar-refractivity contribution is -0.116. The average Bonchev–Trinajstić information content (AvgIpc) is 2.78. The molecule has 0 atom stereocenters. The molecule has 0 spiro atoms. The topological polar surface area (TPSA) is 84.5 Å². The molecular formula is C25H24N2O4. The van der Waals surface area contributed by atoms with Crippen LogP contribution >= 0.6 is 0 Å². The Hall–Kier alpha value is -3.93. The highest BCUT2D eigenvalue weighted by molar-refractivity contribution is 6.10. The molecule has 3 aromatic carbocycles. The molecule has 0 bridgehead atoms. The molecule has 2 N–H and O–H groups in total. The number of amides is 2. The van der Waals surface area contributed by atoms with Crippen LogP contribution in [0.2, 0.25) is 0 Å². The molecule has 0 aliphatic carbocycles. The van der Waals surface area contributed by atoms with Crippen molar-refractivity contribution in [1.82, 2.24) is 0 Å². The van der Waals surface area contributed by atoms with Gasteiger partial charge in [-0.1, -0.05) is 48.0 Å². The first-order chi connectivity index (χ1) is 15.0. The zero-order chi connectivity index (χ0) is 22.2. The average molecular weight is 416 g/mol. The van der Waals surface area contributed by atoms with E-state index in [1.807, 2.05) is 19.1 Å². The molecule has 0 saturated carbocycles. The smallest absolute Gasteiger partial charge is 0.257 e. The summed E-state index contributed by atoms with van der Waals surface area (Å²) in [5.41, 5.74) is 2.93. The summed E-state index contributed by atoms with van der Waals surface area (Å²) in [5.74, 6) is -0.168. The highest BCUT2D eigenvalue weighted by Gasteiger charge is 2.15. The number of ketones is 1. The molecule has 6 nitrogen and oxygen atoms in total. The van der Waals surface area contributed by atoms with E-state index in [1.165, 1.54) is 0 Å². The molecule has 0 aliphatic rings. The predicted octanol–water partition coefficient (Wildman–Crippen LogP) is 4.86. The predicted molar refractivity (Wildman–Crippen MR) is 121 cm³/mol. The number of hydrogen-bond donors (Lipinski definition) is 2. The highest BCUT2D eigenvalue weighted by Crippen LogP contribution is 2.21. The van der Waals surface area contributed by atoms with Crippen molar-refractivity contribution in [3.05, 3.63) is 89.5 Å². The minimum Gasteiger partial charge on any atom is -0.497 e. The van der Waals surface area contributed by atoms with Crippen molar-refractivity contribution in [2.24, 2.45) is 0 Å². The number of carbonyl (C=O) groups is 3. The Morgan fingerprint density at radius 2 is 1.58 bits per heavy atom. The van der Waals surface area contributed by atoms with Gasteiger partial charge in [0.1, 0.15) is 5.75 Å². The Labute approximate surface area is 181 Å². The summed E-state index contributed by atoms with van der Waals surface area (Å²) in [6.07, 6.45) is 0.117. The molecule has 0 saturated heterocycles. The summed E-state index contributed by atoms with van der Waals surface area (Å²) >= 11 is 0. The number of rotatable bonds is 8. The SMILES string of the molecule is COc1cccc(NC(=O)c2ccccc2NC(=O)CCC(=O)c2ccc(C)cc2)c1. The fourth-order valence-corrected chi connectivity index (χ4v) is 3.01. The number of methoxy groups -OCH3 is 1. The number of anilines is 2. The summed E-state index contributed by atoms with van der Waals surface area (Å²) in [6.45, 7) is 1.95. The largest absolute Gasteiger partial charge is 0.497 e. The van der Waals surface area contributed by atoms with Gasteiger partial charge in [-0.2, -0.15) is 0 Å². The number of benzene rings is 3. The molecule has 158 valence electrons. The Bertz CT molecular complexity index is 1090. The maximum atomic E-state index is 12.7. The maximum Gasteiger partial charge on any atom is 0.257 e. The number of carbonyl (C=O) groups excluding carboxylic acids is 3. The van der Waals surface area contributed by atoms with Crippen molar-refractivity contribution >= 4 is 29.0 Å². The van der Waals surface area contributed by atoms with Gasteiger partial charge in [0, 0.05) is 30.2 Å². The summed E-state index contributed by atoms with van der Waals surface area (Å²) in [5, 5.41) is 5.54. The van der Waals surface area contributed by atoms with E-state index in [2.05, 4.69) is 10.6 Å². The van der Waals surface area contributed by atoms with E-state index in [-0.39, 0.29) is 30.4 Å². The second-order valence-electron chi connectivity index (χ2n) is 7.07. The first-order valence-corrected chi connectivity index (χ1v) is 9.90. The van der Waals surface area contributed by atoms with Crippen molar-refractivity contribution < 1.29 is 19.1 Å².